The van der Waals surface area contributed by atoms with Crippen LogP contribution in [-0.2, 0) is 32.7 Å². The molecule has 1 N–H and O–H groups in total. The quantitative estimate of drug-likeness (QED) is 0.292. The lowest BCUT2D eigenvalue weighted by atomic mass is 9.99. The Hall–Kier alpha value is -4.22. The molecule has 40 heavy (non-hydrogen) atoms. The van der Waals surface area contributed by atoms with E-state index in [1.807, 2.05) is 6.92 Å². The Morgan fingerprint density at radius 2 is 1.55 bits per heavy atom. The van der Waals surface area contributed by atoms with Crippen LogP contribution >= 0.6 is 0 Å². The highest BCUT2D eigenvalue weighted by Gasteiger charge is 2.24. The van der Waals surface area contributed by atoms with Crippen LogP contribution in [0, 0.1) is 12.7 Å². The van der Waals surface area contributed by atoms with Crippen molar-refractivity contribution in [2.45, 2.75) is 17.6 Å². The third-order valence-corrected chi connectivity index (χ3v) is 9.04. The first-order valence-corrected chi connectivity index (χ1v) is 15.7. The smallest absolute Gasteiger partial charge is 0.275 e. The molecule has 0 saturated carbocycles. The highest BCUT2D eigenvalue weighted by molar-refractivity contribution is 7.90. The zero-order chi connectivity index (χ0) is 28.8. The monoisotopic (exact) mass is 579 g/mol. The van der Waals surface area contributed by atoms with Crippen molar-refractivity contribution in [3.63, 3.8) is 0 Å². The highest BCUT2D eigenvalue weighted by Crippen LogP contribution is 2.36. The van der Waals surface area contributed by atoms with Gasteiger partial charge in [-0.3, -0.25) is 4.79 Å². The Kier molecular flexibility index (Phi) is 6.89. The van der Waals surface area contributed by atoms with Crippen molar-refractivity contribution in [3.05, 3.63) is 112 Å². The molecule has 0 aliphatic carbocycles. The highest BCUT2D eigenvalue weighted by atomic mass is 32.2. The lowest BCUT2D eigenvalue weighted by molar-refractivity contribution is 0.588. The molecule has 5 aromatic rings. The predicted molar refractivity (Wildman–Crippen MR) is 155 cm³/mol. The minimum atomic E-state index is -4.10. The van der Waals surface area contributed by atoms with Crippen molar-refractivity contribution in [1.29, 1.82) is 0 Å². The minimum absolute atomic E-state index is 0.0388. The van der Waals surface area contributed by atoms with E-state index in [4.69, 9.17) is 0 Å². The summed E-state index contributed by atoms with van der Waals surface area (Å²) in [6.07, 6.45) is 4.07. The van der Waals surface area contributed by atoms with Gasteiger partial charge in [-0.2, -0.15) is 0 Å². The molecule has 2 aromatic heterocycles. The number of aryl methyl sites for hydroxylation is 2. The van der Waals surface area contributed by atoms with Gasteiger partial charge in [0, 0.05) is 53.6 Å². The summed E-state index contributed by atoms with van der Waals surface area (Å²) in [6.45, 7) is 1.85. The molecule has 0 unspecified atom stereocenters. The van der Waals surface area contributed by atoms with E-state index in [0.29, 0.717) is 33.5 Å². The van der Waals surface area contributed by atoms with Gasteiger partial charge < -0.3 is 9.88 Å². The molecule has 0 aliphatic rings. The van der Waals surface area contributed by atoms with Gasteiger partial charge in [-0.15, -0.1) is 0 Å². The van der Waals surface area contributed by atoms with Crippen LogP contribution in [-0.4, -0.2) is 31.6 Å². The van der Waals surface area contributed by atoms with E-state index in [9.17, 15) is 26.0 Å². The van der Waals surface area contributed by atoms with E-state index in [1.165, 1.54) is 42.1 Å². The van der Waals surface area contributed by atoms with Crippen LogP contribution in [0.1, 0.15) is 11.1 Å². The van der Waals surface area contributed by atoms with E-state index in [-0.39, 0.29) is 16.2 Å². The molecular formula is C29H26FN3O5S2. The summed E-state index contributed by atoms with van der Waals surface area (Å²) < 4.78 is 67.1. The number of rotatable bonds is 7. The number of aromatic nitrogens is 2. The number of sulfone groups is 1. The Morgan fingerprint density at radius 1 is 0.875 bits per heavy atom. The molecule has 5 rings (SSSR count). The Labute approximate surface area is 231 Å². The second-order valence-electron chi connectivity index (χ2n) is 9.73. The summed E-state index contributed by atoms with van der Waals surface area (Å²) in [4.78, 5) is 13.4. The molecule has 0 bridgehead atoms. The molecule has 0 aliphatic heterocycles. The van der Waals surface area contributed by atoms with Gasteiger partial charge in [-0.1, -0.05) is 23.8 Å². The number of nitrogens with one attached hydrogen (secondary N) is 1. The predicted octanol–water partition coefficient (Wildman–Crippen LogP) is 4.98. The molecular weight excluding hydrogens is 553 g/mol. The molecule has 8 nitrogen and oxygen atoms in total. The standard InChI is InChI=1S/C29H26FN3O5S2/c1-19-4-11-23(12-5-19)40(37,38)33-15-14-24-26(17-32(2)29(34)28(24)33)25-16-20(18-39(3,35)36)6-13-27(25)31-22-9-7-21(30)8-10-22/h4-17,31H,18H2,1-3H3. The number of anilines is 2. The molecule has 0 atom stereocenters. The van der Waals surface area contributed by atoms with Crippen LogP contribution in [0.3, 0.4) is 0 Å². The number of benzene rings is 3. The topological polar surface area (TPSA) is 107 Å². The second kappa shape index (κ2) is 10.1. The number of hydrogen-bond donors (Lipinski definition) is 1. The molecule has 2 heterocycles. The summed E-state index contributed by atoms with van der Waals surface area (Å²) >= 11 is 0. The molecule has 0 radical (unpaired) electrons. The van der Waals surface area contributed by atoms with Gasteiger partial charge in [0.2, 0.25) is 0 Å². The van der Waals surface area contributed by atoms with E-state index in [0.717, 1.165) is 15.8 Å². The van der Waals surface area contributed by atoms with Gasteiger partial charge in [-0.25, -0.2) is 25.2 Å². The fourth-order valence-corrected chi connectivity index (χ4v) is 6.70. The maximum atomic E-state index is 13.6. The van der Waals surface area contributed by atoms with E-state index < -0.39 is 31.2 Å². The van der Waals surface area contributed by atoms with E-state index in [1.54, 1.807) is 54.7 Å². The third kappa shape index (κ3) is 5.30. The number of nitrogens with zero attached hydrogens (tertiary/aromatic N) is 2. The molecule has 206 valence electrons. The summed E-state index contributed by atoms with van der Waals surface area (Å²) in [5.74, 6) is -0.612. The Bertz CT molecular complexity index is 2030. The van der Waals surface area contributed by atoms with Crippen molar-refractivity contribution in [2.24, 2.45) is 7.05 Å². The first kappa shape index (κ1) is 27.4. The largest absolute Gasteiger partial charge is 0.355 e. The van der Waals surface area contributed by atoms with Crippen LogP contribution in [0.15, 0.2) is 94.9 Å². The van der Waals surface area contributed by atoms with Crippen LogP contribution < -0.4 is 10.9 Å². The summed E-state index contributed by atoms with van der Waals surface area (Å²) in [5.41, 5.74) is 3.03. The SMILES string of the molecule is Cc1ccc(S(=O)(=O)n2ccc3c(-c4cc(CS(C)(=O)=O)ccc4Nc4ccc(F)cc4)cn(C)c(=O)c32)cc1. The molecule has 0 spiro atoms. The first-order chi connectivity index (χ1) is 18.8. The number of halogens is 1. The third-order valence-electron chi connectivity index (χ3n) is 6.49. The zero-order valence-electron chi connectivity index (χ0n) is 21.9. The lowest BCUT2D eigenvalue weighted by Crippen LogP contribution is -2.22. The van der Waals surface area contributed by atoms with E-state index in [2.05, 4.69) is 5.32 Å². The van der Waals surface area contributed by atoms with Crippen LogP contribution in [0.25, 0.3) is 22.0 Å². The normalized spacial score (nSPS) is 12.1. The number of pyridine rings is 1. The van der Waals surface area contributed by atoms with Gasteiger partial charge in [0.15, 0.2) is 9.84 Å². The van der Waals surface area contributed by atoms with Crippen LogP contribution in [0.2, 0.25) is 0 Å². The van der Waals surface area contributed by atoms with Crippen molar-refractivity contribution < 1.29 is 21.2 Å². The fraction of sp³-hybridized carbons (Fsp3) is 0.138. The number of hydrogen-bond acceptors (Lipinski definition) is 6. The molecule has 11 heteroatoms. The van der Waals surface area contributed by atoms with Crippen LogP contribution in [0.5, 0.6) is 0 Å². The lowest BCUT2D eigenvalue weighted by Gasteiger charge is -2.16. The van der Waals surface area contributed by atoms with Gasteiger partial charge in [0.1, 0.15) is 11.3 Å². The fourth-order valence-electron chi connectivity index (χ4n) is 4.57. The van der Waals surface area contributed by atoms with Crippen molar-refractivity contribution in [1.82, 2.24) is 8.54 Å². The zero-order valence-corrected chi connectivity index (χ0v) is 23.6. The average Bonchev–Trinajstić information content (AvgIpc) is 3.34. The van der Waals surface area contributed by atoms with Gasteiger partial charge >= 0.3 is 0 Å². The Balaban J connectivity index is 1.75. The minimum Gasteiger partial charge on any atom is -0.355 e. The Morgan fingerprint density at radius 3 is 2.20 bits per heavy atom. The van der Waals surface area contributed by atoms with Crippen molar-refractivity contribution in [3.8, 4) is 11.1 Å². The number of fused-ring (bicyclic) bond motifs is 1. The van der Waals surface area contributed by atoms with E-state index >= 15 is 0 Å². The summed E-state index contributed by atoms with van der Waals surface area (Å²) in [5, 5.41) is 3.60. The molecule has 0 fully saturated rings. The molecule has 0 saturated heterocycles. The van der Waals surface area contributed by atoms with Crippen molar-refractivity contribution >= 4 is 42.1 Å². The van der Waals surface area contributed by atoms with Gasteiger partial charge in [0.05, 0.1) is 10.6 Å². The maximum Gasteiger partial charge on any atom is 0.275 e. The van der Waals surface area contributed by atoms with Gasteiger partial charge in [-0.05, 0) is 67.1 Å². The average molecular weight is 580 g/mol. The molecule has 3 aromatic carbocycles. The second-order valence-corrected chi connectivity index (χ2v) is 13.7. The van der Waals surface area contributed by atoms with Crippen LogP contribution in [0.4, 0.5) is 15.8 Å². The maximum absolute atomic E-state index is 13.6. The first-order valence-electron chi connectivity index (χ1n) is 12.2. The molecule has 0 amide bonds. The summed E-state index contributed by atoms with van der Waals surface area (Å²) in [6, 6.07) is 18.7. The van der Waals surface area contributed by atoms with Crippen molar-refractivity contribution in [2.75, 3.05) is 11.6 Å². The van der Waals surface area contributed by atoms with Gasteiger partial charge in [0.25, 0.3) is 15.6 Å². The summed E-state index contributed by atoms with van der Waals surface area (Å²) in [7, 11) is -5.94.